The Hall–Kier alpha value is -3.43. The van der Waals surface area contributed by atoms with Gasteiger partial charge < -0.3 is 10.2 Å². The molecule has 0 saturated carbocycles. The summed E-state index contributed by atoms with van der Waals surface area (Å²) in [6, 6.07) is 5.43. The zero-order valence-corrected chi connectivity index (χ0v) is 15.6. The van der Waals surface area contributed by atoms with E-state index >= 15 is 0 Å². The third-order valence-corrected chi connectivity index (χ3v) is 5.25. The van der Waals surface area contributed by atoms with Crippen LogP contribution in [0.25, 0.3) is 0 Å². The summed E-state index contributed by atoms with van der Waals surface area (Å²) in [6.45, 7) is 0.214. The van der Waals surface area contributed by atoms with Gasteiger partial charge in [-0.2, -0.15) is 13.2 Å². The first-order chi connectivity index (χ1) is 14.3. The Morgan fingerprint density at radius 1 is 1.13 bits per heavy atom. The number of nitrogens with zero attached hydrogens (tertiary/aromatic N) is 3. The van der Waals surface area contributed by atoms with E-state index in [4.69, 9.17) is 0 Å². The maximum Gasteiger partial charge on any atom is 0.416 e. The number of halogens is 3. The highest BCUT2D eigenvalue weighted by Gasteiger charge is 2.49. The summed E-state index contributed by atoms with van der Waals surface area (Å²) < 4.78 is 39.0. The van der Waals surface area contributed by atoms with Crippen molar-refractivity contribution in [2.45, 2.75) is 31.1 Å². The van der Waals surface area contributed by atoms with Gasteiger partial charge in [-0.05, 0) is 43.2 Å². The number of carbonyl (C=O) groups excluding carboxylic acids is 3. The Morgan fingerprint density at radius 3 is 2.57 bits per heavy atom. The molecule has 0 unspecified atom stereocenters. The summed E-state index contributed by atoms with van der Waals surface area (Å²) in [5, 5.41) is 2.84. The largest absolute Gasteiger partial charge is 0.416 e. The van der Waals surface area contributed by atoms with Gasteiger partial charge in [0.15, 0.2) is 0 Å². The van der Waals surface area contributed by atoms with Crippen molar-refractivity contribution >= 4 is 23.5 Å². The molecule has 1 aromatic carbocycles. The number of anilines is 1. The van der Waals surface area contributed by atoms with Crippen LogP contribution in [0.4, 0.5) is 23.7 Å². The quantitative estimate of drug-likeness (QED) is 0.778. The number of piperidine rings is 1. The molecule has 30 heavy (non-hydrogen) atoms. The molecular formula is C20H17F3N4O3. The van der Waals surface area contributed by atoms with Crippen LogP contribution in [0.3, 0.4) is 0 Å². The zero-order valence-electron chi connectivity index (χ0n) is 15.6. The first kappa shape index (κ1) is 19.9. The van der Waals surface area contributed by atoms with Gasteiger partial charge in [0.2, 0.25) is 0 Å². The van der Waals surface area contributed by atoms with Crippen molar-refractivity contribution in [3.8, 4) is 0 Å². The molecule has 2 fully saturated rings. The fourth-order valence-electron chi connectivity index (χ4n) is 3.76. The second-order valence-electron chi connectivity index (χ2n) is 7.14. The second kappa shape index (κ2) is 7.43. The van der Waals surface area contributed by atoms with Gasteiger partial charge in [-0.25, -0.2) is 9.69 Å². The van der Waals surface area contributed by atoms with E-state index < -0.39 is 29.7 Å². The van der Waals surface area contributed by atoms with Crippen LogP contribution in [0.15, 0.2) is 48.8 Å². The molecule has 156 valence electrons. The Labute approximate surface area is 169 Å². The first-order valence-electron chi connectivity index (χ1n) is 9.28. The van der Waals surface area contributed by atoms with E-state index in [0.29, 0.717) is 12.0 Å². The topological polar surface area (TPSA) is 82.6 Å². The number of aromatic nitrogens is 1. The van der Waals surface area contributed by atoms with E-state index in [9.17, 15) is 27.6 Å². The highest BCUT2D eigenvalue weighted by molar-refractivity contribution is 6.21. The molecule has 0 aliphatic carbocycles. The van der Waals surface area contributed by atoms with Gasteiger partial charge in [0.25, 0.3) is 11.8 Å². The minimum atomic E-state index is -4.59. The van der Waals surface area contributed by atoms with Gasteiger partial charge >= 0.3 is 12.2 Å². The molecule has 2 aliphatic heterocycles. The van der Waals surface area contributed by atoms with E-state index in [2.05, 4.69) is 10.3 Å². The Balaban J connectivity index is 1.51. The molecule has 7 nitrogen and oxygen atoms in total. The van der Waals surface area contributed by atoms with Crippen LogP contribution in [-0.4, -0.2) is 46.4 Å². The number of nitrogens with one attached hydrogen (secondary N) is 1. The average Bonchev–Trinajstić information content (AvgIpc) is 2.98. The molecule has 0 spiro atoms. The Bertz CT molecular complexity index is 996. The van der Waals surface area contributed by atoms with E-state index in [0.717, 1.165) is 23.1 Å². The number of amides is 4. The smallest absolute Gasteiger partial charge is 0.349 e. The molecule has 1 aromatic heterocycles. The third kappa shape index (κ3) is 3.60. The summed E-state index contributed by atoms with van der Waals surface area (Å²) in [7, 11) is 0. The minimum Gasteiger partial charge on any atom is -0.349 e. The summed E-state index contributed by atoms with van der Waals surface area (Å²) in [5.74, 6) is -0.912. The number of fused-ring (bicyclic) bond motifs is 1. The SMILES string of the molecule is O=C(N[C@H]1CCN2C(=O)N(c3cccc(C(F)(F)F)c3)C(=O)[C@@H]2C1)c1ccncc1. The van der Waals surface area contributed by atoms with Crippen molar-refractivity contribution in [1.82, 2.24) is 15.2 Å². The van der Waals surface area contributed by atoms with Gasteiger partial charge in [-0.3, -0.25) is 14.6 Å². The monoisotopic (exact) mass is 418 g/mol. The lowest BCUT2D eigenvalue weighted by Crippen LogP contribution is -2.49. The van der Waals surface area contributed by atoms with Crippen LogP contribution in [0.1, 0.15) is 28.8 Å². The summed E-state index contributed by atoms with van der Waals surface area (Å²) >= 11 is 0. The molecule has 1 N–H and O–H groups in total. The molecule has 4 rings (SSSR count). The highest BCUT2D eigenvalue weighted by Crippen LogP contribution is 2.35. The lowest BCUT2D eigenvalue weighted by Gasteiger charge is -2.32. The fraction of sp³-hybridized carbons (Fsp3) is 0.300. The molecule has 0 bridgehead atoms. The number of carbonyl (C=O) groups is 3. The van der Waals surface area contributed by atoms with Crippen LogP contribution in [0, 0.1) is 0 Å². The molecule has 2 atom stereocenters. The lowest BCUT2D eigenvalue weighted by molar-refractivity contribution is -0.137. The predicted molar refractivity (Wildman–Crippen MR) is 99.5 cm³/mol. The maximum atomic E-state index is 13.0. The normalized spacial score (nSPS) is 21.6. The average molecular weight is 418 g/mol. The fourth-order valence-corrected chi connectivity index (χ4v) is 3.76. The van der Waals surface area contributed by atoms with Crippen LogP contribution in [0.5, 0.6) is 0 Å². The van der Waals surface area contributed by atoms with Crippen LogP contribution in [0.2, 0.25) is 0 Å². The standard InChI is InChI=1S/C20H17F3N4O3/c21-20(22,23)13-2-1-3-15(10-13)27-18(29)16-11-14(6-9-26(16)19(27)30)25-17(28)12-4-7-24-8-5-12/h1-5,7-8,10,14,16H,6,9,11H2,(H,25,28)/t14-,16-/m0/s1. The molecule has 10 heteroatoms. The number of hydrogen-bond acceptors (Lipinski definition) is 4. The third-order valence-electron chi connectivity index (χ3n) is 5.25. The second-order valence-corrected chi connectivity index (χ2v) is 7.14. The number of hydrogen-bond donors (Lipinski definition) is 1. The zero-order chi connectivity index (χ0) is 21.5. The number of imide groups is 1. The lowest BCUT2D eigenvalue weighted by atomic mass is 9.97. The molecular weight excluding hydrogens is 401 g/mol. The van der Waals surface area contributed by atoms with Crippen molar-refractivity contribution in [3.05, 3.63) is 59.9 Å². The molecule has 0 radical (unpaired) electrons. The predicted octanol–water partition coefficient (Wildman–Crippen LogP) is 2.83. The number of benzene rings is 1. The Morgan fingerprint density at radius 2 is 1.87 bits per heavy atom. The van der Waals surface area contributed by atoms with Crippen LogP contribution >= 0.6 is 0 Å². The number of pyridine rings is 1. The number of urea groups is 1. The van der Waals surface area contributed by atoms with E-state index in [1.165, 1.54) is 23.4 Å². The van der Waals surface area contributed by atoms with Gasteiger partial charge in [0.05, 0.1) is 11.3 Å². The van der Waals surface area contributed by atoms with Gasteiger partial charge in [-0.1, -0.05) is 6.07 Å². The van der Waals surface area contributed by atoms with Crippen molar-refractivity contribution in [3.63, 3.8) is 0 Å². The van der Waals surface area contributed by atoms with Crippen molar-refractivity contribution in [1.29, 1.82) is 0 Å². The van der Waals surface area contributed by atoms with Gasteiger partial charge in [-0.15, -0.1) is 0 Å². The Kier molecular flexibility index (Phi) is 4.92. The summed E-state index contributed by atoms with van der Waals surface area (Å²) in [5.41, 5.74) is -0.633. The number of alkyl halides is 3. The van der Waals surface area contributed by atoms with Crippen molar-refractivity contribution < 1.29 is 27.6 Å². The van der Waals surface area contributed by atoms with E-state index in [1.807, 2.05) is 0 Å². The maximum absolute atomic E-state index is 13.0. The molecule has 2 saturated heterocycles. The van der Waals surface area contributed by atoms with Gasteiger partial charge in [0.1, 0.15) is 6.04 Å². The van der Waals surface area contributed by atoms with Crippen LogP contribution in [-0.2, 0) is 11.0 Å². The molecule has 3 heterocycles. The number of rotatable bonds is 3. The molecule has 2 aromatic rings. The molecule has 4 amide bonds. The van der Waals surface area contributed by atoms with E-state index in [-0.39, 0.29) is 30.6 Å². The van der Waals surface area contributed by atoms with Crippen LogP contribution < -0.4 is 10.2 Å². The summed E-state index contributed by atoms with van der Waals surface area (Å²) in [4.78, 5) is 43.9. The van der Waals surface area contributed by atoms with Crippen molar-refractivity contribution in [2.24, 2.45) is 0 Å². The first-order valence-corrected chi connectivity index (χ1v) is 9.28. The highest BCUT2D eigenvalue weighted by atomic mass is 19.4. The van der Waals surface area contributed by atoms with Crippen molar-refractivity contribution in [2.75, 3.05) is 11.4 Å². The van der Waals surface area contributed by atoms with E-state index in [1.54, 1.807) is 12.1 Å². The summed E-state index contributed by atoms with van der Waals surface area (Å²) in [6.07, 6.45) is -0.982. The van der Waals surface area contributed by atoms with Gasteiger partial charge in [0, 0.05) is 30.5 Å². The molecule has 2 aliphatic rings. The minimum absolute atomic E-state index is 0.119.